The van der Waals surface area contributed by atoms with E-state index in [1.54, 1.807) is 75.9 Å². The maximum absolute atomic E-state index is 14.3. The molecule has 6 aromatic rings. The highest BCUT2D eigenvalue weighted by atomic mass is 127. The fraction of sp³-hybridized carbons (Fsp3) is 0.182. The number of hydrogen-bond donors (Lipinski definition) is 1. The number of aromatic nitrogens is 2. The van der Waals surface area contributed by atoms with Crippen LogP contribution in [0.15, 0.2) is 109 Å². The molecule has 60 heavy (non-hydrogen) atoms. The van der Waals surface area contributed by atoms with Gasteiger partial charge in [0.1, 0.15) is 57.2 Å². The highest BCUT2D eigenvalue weighted by Gasteiger charge is 2.46. The molecule has 0 saturated carbocycles. The average Bonchev–Trinajstić information content (AvgIpc) is 3.24. The van der Waals surface area contributed by atoms with E-state index < -0.39 is 10.3 Å². The highest BCUT2D eigenvalue weighted by Crippen LogP contribution is 2.49. The van der Waals surface area contributed by atoms with E-state index in [9.17, 15) is 14.0 Å². The van der Waals surface area contributed by atoms with Gasteiger partial charge in [0.25, 0.3) is 11.8 Å². The lowest BCUT2D eigenvalue weighted by molar-refractivity contribution is -0.126. The number of nitrogens with zero attached hydrogens (tertiary/aromatic N) is 3. The molecule has 312 valence electrons. The minimum absolute atomic E-state index is 0.00124. The number of hydrogen-bond acceptors (Lipinski definition) is 10. The van der Waals surface area contributed by atoms with Crippen LogP contribution in [-0.2, 0) is 22.7 Å². The van der Waals surface area contributed by atoms with Crippen LogP contribution in [0.3, 0.4) is 0 Å². The normalized spacial score (nSPS) is 11.6. The van der Waals surface area contributed by atoms with Gasteiger partial charge in [-0.2, -0.15) is 14.5 Å². The van der Waals surface area contributed by atoms with Gasteiger partial charge in [0, 0.05) is 34.7 Å². The monoisotopic (exact) mass is 969 g/mol. The third-order valence-electron chi connectivity index (χ3n) is 8.94. The van der Waals surface area contributed by atoms with Gasteiger partial charge in [-0.05, 0) is 120 Å². The molecule has 16 heteroatoms. The molecule has 0 radical (unpaired) electrons. The van der Waals surface area contributed by atoms with E-state index in [4.69, 9.17) is 51.6 Å². The summed E-state index contributed by atoms with van der Waals surface area (Å²) in [5.41, 5.74) is 2.12. The van der Waals surface area contributed by atoms with Gasteiger partial charge in [-0.3, -0.25) is 4.79 Å². The molecule has 2 aromatic heterocycles. The first-order valence-electron chi connectivity index (χ1n) is 18.1. The van der Waals surface area contributed by atoms with Crippen molar-refractivity contribution in [3.8, 4) is 46.3 Å². The first kappa shape index (κ1) is 45.4. The Morgan fingerprint density at radius 3 is 1.53 bits per heavy atom. The van der Waals surface area contributed by atoms with Crippen molar-refractivity contribution in [2.45, 2.75) is 26.9 Å². The number of pyridine rings is 2. The van der Waals surface area contributed by atoms with E-state index in [1.165, 1.54) is 45.2 Å². The van der Waals surface area contributed by atoms with Gasteiger partial charge in [-0.25, -0.2) is 9.18 Å². The molecule has 4 aromatic carbocycles. The summed E-state index contributed by atoms with van der Waals surface area (Å²) < 4.78 is 48.2. The lowest BCUT2D eigenvalue weighted by Gasteiger charge is -2.35. The standard InChI is InChI=1S/C33H26Cl2FIN3O5.C11H15NO3/c1-20(41)40(19-21-18-26(42-2)12-15-29(21)43-3,27-13-16-30(34)38-32(27)44-24-8-4-22(36)5-9-24)28-14-17-31(35)39-33(28)45-25-10-6-23(37)7-11-25;1-8(13)12-7-9-6-10(14-2)4-5-11(9)15-3/h4-18H,19H2,1-3H3;4-6H,7H2,1-3H3,(H,12,13)/q+1;. The molecule has 0 aliphatic carbocycles. The second kappa shape index (κ2) is 21.0. The van der Waals surface area contributed by atoms with Crippen LogP contribution in [0.25, 0.3) is 0 Å². The van der Waals surface area contributed by atoms with Gasteiger partial charge in [0.15, 0.2) is 0 Å². The molecule has 0 aliphatic rings. The average molecular weight is 971 g/mol. The van der Waals surface area contributed by atoms with Crippen LogP contribution in [0, 0.1) is 9.39 Å². The van der Waals surface area contributed by atoms with E-state index >= 15 is 0 Å². The third kappa shape index (κ3) is 11.3. The fourth-order valence-corrected chi connectivity index (χ4v) is 6.67. The minimum Gasteiger partial charge on any atom is -0.497 e. The van der Waals surface area contributed by atoms with E-state index in [1.807, 2.05) is 30.3 Å². The Balaban J connectivity index is 0.000000384. The Labute approximate surface area is 370 Å². The molecule has 6 rings (SSSR count). The number of nitrogens with one attached hydrogen (secondary N) is 1. The zero-order valence-electron chi connectivity index (χ0n) is 33.4. The van der Waals surface area contributed by atoms with Gasteiger partial charge >= 0.3 is 5.91 Å². The molecular formula is C44H41Cl2FIN4O8+. The van der Waals surface area contributed by atoms with Crippen molar-refractivity contribution in [3.63, 3.8) is 0 Å². The van der Waals surface area contributed by atoms with E-state index in [-0.39, 0.29) is 51.9 Å². The number of amides is 2. The lowest BCUT2D eigenvalue weighted by Crippen LogP contribution is -2.48. The second-order valence-electron chi connectivity index (χ2n) is 12.8. The summed E-state index contributed by atoms with van der Waals surface area (Å²) in [6.07, 6.45) is 0. The molecule has 0 saturated heterocycles. The molecule has 2 amide bonds. The lowest BCUT2D eigenvalue weighted by atomic mass is 10.1. The molecule has 0 spiro atoms. The molecular weight excluding hydrogens is 929 g/mol. The summed E-state index contributed by atoms with van der Waals surface area (Å²) in [6.45, 7) is 3.33. The number of rotatable bonds is 14. The molecule has 1 unspecified atom stereocenters. The largest absolute Gasteiger partial charge is 0.497 e. The van der Waals surface area contributed by atoms with Crippen molar-refractivity contribution in [2.75, 3.05) is 28.4 Å². The third-order valence-corrected chi connectivity index (χ3v) is 10.1. The number of benzene rings is 4. The van der Waals surface area contributed by atoms with Gasteiger partial charge < -0.3 is 33.7 Å². The zero-order chi connectivity index (χ0) is 43.4. The summed E-state index contributed by atoms with van der Waals surface area (Å²) >= 11 is 15.0. The van der Waals surface area contributed by atoms with Crippen molar-refractivity contribution >= 4 is 69.0 Å². The van der Waals surface area contributed by atoms with Crippen LogP contribution in [0.2, 0.25) is 10.3 Å². The number of methoxy groups -OCH3 is 4. The number of halogens is 4. The van der Waals surface area contributed by atoms with Crippen LogP contribution in [0.4, 0.5) is 15.8 Å². The molecule has 0 aliphatic heterocycles. The molecule has 0 fully saturated rings. The van der Waals surface area contributed by atoms with Gasteiger partial charge in [-0.1, -0.05) is 23.2 Å². The molecule has 1 N–H and O–H groups in total. The fourth-order valence-electron chi connectivity index (χ4n) is 6.03. The highest BCUT2D eigenvalue weighted by molar-refractivity contribution is 14.1. The predicted octanol–water partition coefficient (Wildman–Crippen LogP) is 10.9. The Hall–Kier alpha value is -5.68. The number of ether oxygens (including phenoxy) is 6. The van der Waals surface area contributed by atoms with Crippen molar-refractivity contribution in [1.29, 1.82) is 0 Å². The molecule has 2 heterocycles. The smallest absolute Gasteiger partial charge is 0.321 e. The summed E-state index contributed by atoms with van der Waals surface area (Å²) in [5.74, 6) is 2.50. The summed E-state index contributed by atoms with van der Waals surface area (Å²) in [7, 11) is 6.28. The van der Waals surface area contributed by atoms with Crippen LogP contribution in [0.5, 0.6) is 46.3 Å². The van der Waals surface area contributed by atoms with Crippen LogP contribution in [-0.4, -0.2) is 50.2 Å². The predicted molar refractivity (Wildman–Crippen MR) is 237 cm³/mol. The Bertz CT molecular complexity index is 2350. The van der Waals surface area contributed by atoms with Crippen LogP contribution >= 0.6 is 45.8 Å². The van der Waals surface area contributed by atoms with Crippen LogP contribution in [0.1, 0.15) is 25.0 Å². The van der Waals surface area contributed by atoms with Crippen molar-refractivity contribution in [2.24, 2.45) is 0 Å². The number of carbonyl (C=O) groups excluding carboxylic acids is 2. The molecule has 0 bridgehead atoms. The maximum Gasteiger partial charge on any atom is 0.321 e. The Kier molecular flexibility index (Phi) is 15.9. The van der Waals surface area contributed by atoms with Crippen molar-refractivity contribution < 1.29 is 42.4 Å². The first-order chi connectivity index (χ1) is 28.8. The van der Waals surface area contributed by atoms with Crippen molar-refractivity contribution in [1.82, 2.24) is 19.8 Å². The topological polar surface area (TPSA) is 127 Å². The molecule has 12 nitrogen and oxygen atoms in total. The quantitative estimate of drug-likeness (QED) is 0.0640. The summed E-state index contributed by atoms with van der Waals surface area (Å²) in [6, 6.07) is 29.9. The Morgan fingerprint density at radius 1 is 0.633 bits per heavy atom. The van der Waals surface area contributed by atoms with E-state index in [0.29, 0.717) is 35.0 Å². The summed E-state index contributed by atoms with van der Waals surface area (Å²) in [5, 5.41) is 2.98. The number of carbonyl (C=O) groups is 2. The van der Waals surface area contributed by atoms with Gasteiger partial charge in [-0.15, -0.1) is 0 Å². The van der Waals surface area contributed by atoms with Crippen LogP contribution < -0.4 is 38.2 Å². The first-order valence-corrected chi connectivity index (χ1v) is 19.9. The number of quaternary nitrogens is 1. The second-order valence-corrected chi connectivity index (χ2v) is 14.8. The minimum atomic E-state index is -0.561. The summed E-state index contributed by atoms with van der Waals surface area (Å²) in [4.78, 5) is 34.1. The molecule has 1 atom stereocenters. The van der Waals surface area contributed by atoms with E-state index in [2.05, 4.69) is 37.9 Å². The van der Waals surface area contributed by atoms with Crippen molar-refractivity contribution in [3.05, 3.63) is 140 Å². The Morgan fingerprint density at radius 2 is 1.08 bits per heavy atom. The SMILES string of the molecule is COc1ccc(OC)c(CNC(C)=O)c1.COc1ccc(OC)c(C[N+](C(C)=O)(c2ccc(Cl)nc2Oc2ccc(F)cc2)c2ccc(Cl)nc2Oc2ccc(I)cc2)c1. The maximum atomic E-state index is 14.3. The zero-order valence-corrected chi connectivity index (χ0v) is 37.1. The van der Waals surface area contributed by atoms with Gasteiger partial charge in [0.2, 0.25) is 17.3 Å². The van der Waals surface area contributed by atoms with E-state index in [0.717, 1.165) is 20.6 Å². The van der Waals surface area contributed by atoms with Gasteiger partial charge in [0.05, 0.1) is 40.9 Å².